The van der Waals surface area contributed by atoms with Crippen molar-refractivity contribution in [1.82, 2.24) is 0 Å². The molecule has 0 amide bonds. The highest BCUT2D eigenvalue weighted by atomic mass is 35.7. The van der Waals surface area contributed by atoms with E-state index in [2.05, 4.69) is 0 Å². The van der Waals surface area contributed by atoms with E-state index in [0.29, 0.717) is 24.3 Å². The summed E-state index contributed by atoms with van der Waals surface area (Å²) in [5, 5.41) is 10.8. The van der Waals surface area contributed by atoms with Gasteiger partial charge >= 0.3 is 0 Å². The summed E-state index contributed by atoms with van der Waals surface area (Å²) >= 11 is 0. The molecule has 1 aromatic carbocycles. The van der Waals surface area contributed by atoms with Crippen LogP contribution in [0.25, 0.3) is 0 Å². The number of nitro benzene ring substituents is 1. The number of rotatable bonds is 9. The summed E-state index contributed by atoms with van der Waals surface area (Å²) < 4.78 is 27.0. The Kier molecular flexibility index (Phi) is 6.91. The van der Waals surface area contributed by atoms with E-state index >= 15 is 0 Å². The fraction of sp³-hybridized carbons (Fsp3) is 0.538. The smallest absolute Gasteiger partial charge is 0.276 e. The topological polar surface area (TPSA) is 86.5 Å². The van der Waals surface area contributed by atoms with Crippen molar-refractivity contribution in [2.24, 2.45) is 0 Å². The zero-order chi connectivity index (χ0) is 15.9. The average Bonchev–Trinajstić information content (AvgIpc) is 2.37. The molecule has 0 radical (unpaired) electrons. The summed E-state index contributed by atoms with van der Waals surface area (Å²) in [5.41, 5.74) is 0.551. The van der Waals surface area contributed by atoms with Crippen molar-refractivity contribution in [3.8, 4) is 5.75 Å². The highest BCUT2D eigenvalue weighted by Gasteiger charge is 2.13. The van der Waals surface area contributed by atoms with Crippen molar-refractivity contribution in [1.29, 1.82) is 0 Å². The van der Waals surface area contributed by atoms with Crippen LogP contribution in [0.15, 0.2) is 18.2 Å². The number of halogens is 1. The highest BCUT2D eigenvalue weighted by Crippen LogP contribution is 2.27. The fourth-order valence-corrected chi connectivity index (χ4v) is 2.75. The zero-order valence-corrected chi connectivity index (χ0v) is 13.3. The predicted molar refractivity (Wildman–Crippen MR) is 81.4 cm³/mol. The van der Waals surface area contributed by atoms with Crippen molar-refractivity contribution < 1.29 is 18.1 Å². The fourth-order valence-electron chi connectivity index (χ4n) is 1.87. The van der Waals surface area contributed by atoms with Crippen LogP contribution in [0.2, 0.25) is 0 Å². The van der Waals surface area contributed by atoms with Crippen LogP contribution < -0.4 is 4.74 Å². The molecule has 0 unspecified atom stereocenters. The van der Waals surface area contributed by atoms with E-state index in [1.165, 1.54) is 6.07 Å². The molecule has 0 aliphatic heterocycles. The van der Waals surface area contributed by atoms with Crippen LogP contribution in [-0.2, 0) is 9.05 Å². The van der Waals surface area contributed by atoms with Gasteiger partial charge in [-0.05, 0) is 25.8 Å². The van der Waals surface area contributed by atoms with Crippen LogP contribution in [0.4, 0.5) is 5.69 Å². The van der Waals surface area contributed by atoms with Crippen molar-refractivity contribution in [3.05, 3.63) is 33.9 Å². The molecule has 0 bridgehead atoms. The molecule has 0 saturated heterocycles. The lowest BCUT2D eigenvalue weighted by Gasteiger charge is -2.09. The summed E-state index contributed by atoms with van der Waals surface area (Å²) in [5.74, 6) is 0.492. The van der Waals surface area contributed by atoms with E-state index in [1.807, 2.05) is 0 Å². The molecule has 0 N–H and O–H groups in total. The number of hydrogen-bond acceptors (Lipinski definition) is 5. The summed E-state index contributed by atoms with van der Waals surface area (Å²) in [6.45, 7) is 2.09. The summed E-state index contributed by atoms with van der Waals surface area (Å²) in [7, 11) is 1.70. The molecule has 0 aliphatic rings. The zero-order valence-electron chi connectivity index (χ0n) is 11.7. The van der Waals surface area contributed by atoms with Gasteiger partial charge in [0.25, 0.3) is 5.69 Å². The molecule has 118 valence electrons. The Labute approximate surface area is 128 Å². The van der Waals surface area contributed by atoms with E-state index in [0.717, 1.165) is 19.3 Å². The molecule has 8 heteroatoms. The van der Waals surface area contributed by atoms with E-state index in [-0.39, 0.29) is 11.4 Å². The molecule has 0 aromatic heterocycles. The normalized spacial score (nSPS) is 11.3. The SMILES string of the molecule is Cc1c(OCCCCCCS(=O)(=O)Cl)cccc1[N+](=O)[O-]. The van der Waals surface area contributed by atoms with Gasteiger partial charge in [0.2, 0.25) is 9.05 Å². The lowest BCUT2D eigenvalue weighted by molar-refractivity contribution is -0.385. The van der Waals surface area contributed by atoms with Crippen molar-refractivity contribution >= 4 is 25.4 Å². The van der Waals surface area contributed by atoms with Gasteiger partial charge < -0.3 is 4.74 Å². The minimum absolute atomic E-state index is 0.0145. The summed E-state index contributed by atoms with van der Waals surface area (Å²) in [6, 6.07) is 4.73. The van der Waals surface area contributed by atoms with E-state index < -0.39 is 14.0 Å². The molecule has 0 atom stereocenters. The maximum Gasteiger partial charge on any atom is 0.276 e. The first-order valence-corrected chi connectivity index (χ1v) is 9.08. The second-order valence-corrected chi connectivity index (χ2v) is 7.56. The van der Waals surface area contributed by atoms with Crippen LogP contribution in [-0.4, -0.2) is 25.7 Å². The first-order chi connectivity index (χ1) is 9.81. The Balaban J connectivity index is 2.31. The molecule has 1 aromatic rings. The number of nitro groups is 1. The van der Waals surface area contributed by atoms with E-state index in [1.54, 1.807) is 19.1 Å². The first kappa shape index (κ1) is 17.7. The molecule has 0 aliphatic carbocycles. The standard InChI is InChI=1S/C13H18ClNO5S/c1-11-12(15(16)17)7-6-8-13(11)20-9-4-2-3-5-10-21(14,18)19/h6-8H,2-5,9-10H2,1H3. The molecule has 0 fully saturated rings. The molecule has 0 saturated carbocycles. The average molecular weight is 336 g/mol. The van der Waals surface area contributed by atoms with Gasteiger partial charge in [-0.2, -0.15) is 0 Å². The van der Waals surface area contributed by atoms with E-state index in [9.17, 15) is 18.5 Å². The second kappa shape index (κ2) is 8.19. The van der Waals surface area contributed by atoms with Gasteiger partial charge in [-0.1, -0.05) is 18.9 Å². The molecular weight excluding hydrogens is 318 g/mol. The molecule has 0 spiro atoms. The molecule has 6 nitrogen and oxygen atoms in total. The molecule has 1 rings (SSSR count). The van der Waals surface area contributed by atoms with Crippen molar-refractivity contribution in [2.45, 2.75) is 32.6 Å². The predicted octanol–water partition coefficient (Wildman–Crippen LogP) is 3.41. The Morgan fingerprint density at radius 2 is 1.90 bits per heavy atom. The van der Waals surface area contributed by atoms with Gasteiger partial charge in [0, 0.05) is 16.7 Å². The van der Waals surface area contributed by atoms with Crippen molar-refractivity contribution in [3.63, 3.8) is 0 Å². The summed E-state index contributed by atoms with van der Waals surface area (Å²) in [6.07, 6.45) is 2.86. The Morgan fingerprint density at radius 3 is 2.52 bits per heavy atom. The van der Waals surface area contributed by atoms with Gasteiger partial charge in [0.05, 0.1) is 22.8 Å². The molecule has 21 heavy (non-hydrogen) atoms. The maximum atomic E-state index is 10.8. The maximum absolute atomic E-state index is 10.8. The van der Waals surface area contributed by atoms with Gasteiger partial charge in [0.15, 0.2) is 0 Å². The van der Waals surface area contributed by atoms with Crippen LogP contribution in [0, 0.1) is 17.0 Å². The Morgan fingerprint density at radius 1 is 1.24 bits per heavy atom. The largest absolute Gasteiger partial charge is 0.493 e. The molecule has 0 heterocycles. The first-order valence-electron chi connectivity index (χ1n) is 6.60. The number of unbranched alkanes of at least 4 members (excludes halogenated alkanes) is 3. The number of ether oxygens (including phenoxy) is 1. The van der Waals surface area contributed by atoms with Crippen LogP contribution in [0.3, 0.4) is 0 Å². The van der Waals surface area contributed by atoms with Gasteiger partial charge in [-0.15, -0.1) is 0 Å². The van der Waals surface area contributed by atoms with Gasteiger partial charge in [-0.25, -0.2) is 8.42 Å². The number of hydrogen-bond donors (Lipinski definition) is 0. The number of nitrogens with zero attached hydrogens (tertiary/aromatic N) is 1. The highest BCUT2D eigenvalue weighted by molar-refractivity contribution is 8.13. The van der Waals surface area contributed by atoms with E-state index in [4.69, 9.17) is 15.4 Å². The van der Waals surface area contributed by atoms with Crippen LogP contribution in [0.5, 0.6) is 5.75 Å². The third-order valence-electron chi connectivity index (χ3n) is 2.99. The molecular formula is C13H18ClNO5S. The Bertz CT molecular complexity index is 588. The quantitative estimate of drug-likeness (QED) is 0.299. The van der Waals surface area contributed by atoms with Gasteiger partial charge in [-0.3, -0.25) is 10.1 Å². The second-order valence-electron chi connectivity index (χ2n) is 4.66. The minimum atomic E-state index is -3.40. The van der Waals surface area contributed by atoms with Crippen molar-refractivity contribution in [2.75, 3.05) is 12.4 Å². The Hall–Kier alpha value is -1.34. The third kappa shape index (κ3) is 6.77. The lowest BCUT2D eigenvalue weighted by atomic mass is 10.2. The summed E-state index contributed by atoms with van der Waals surface area (Å²) in [4.78, 5) is 10.4. The lowest BCUT2D eigenvalue weighted by Crippen LogP contribution is -2.01. The minimum Gasteiger partial charge on any atom is -0.493 e. The van der Waals surface area contributed by atoms with Crippen LogP contribution in [0.1, 0.15) is 31.2 Å². The third-order valence-corrected chi connectivity index (χ3v) is 4.23. The number of benzene rings is 1. The monoisotopic (exact) mass is 335 g/mol. The van der Waals surface area contributed by atoms with Crippen LogP contribution >= 0.6 is 10.7 Å². The van der Waals surface area contributed by atoms with Gasteiger partial charge in [0.1, 0.15) is 5.75 Å².